The van der Waals surface area contributed by atoms with Gasteiger partial charge in [-0.05, 0) is 58.4 Å². The molecule has 0 unspecified atom stereocenters. The Bertz CT molecular complexity index is 991. The smallest absolute Gasteiger partial charge is 0.261 e. The molecule has 1 amide bonds. The summed E-state index contributed by atoms with van der Waals surface area (Å²) >= 11 is 5.89. The van der Waals surface area contributed by atoms with Gasteiger partial charge in [0.25, 0.3) is 5.91 Å². The van der Waals surface area contributed by atoms with Gasteiger partial charge in [-0.3, -0.25) is 4.79 Å². The first kappa shape index (κ1) is 24.8. The molecule has 174 valence electrons. The Kier molecular flexibility index (Phi) is 8.17. The quantitative estimate of drug-likeness (QED) is 0.380. The molecule has 4 nitrogen and oxygen atoms in total. The highest BCUT2D eigenvalue weighted by Gasteiger charge is 2.39. The zero-order valence-corrected chi connectivity index (χ0v) is 20.4. The molecule has 5 heteroatoms. The predicted molar refractivity (Wildman–Crippen MR) is 134 cm³/mol. The number of hydrogen-bond acceptors (Lipinski definition) is 3. The number of benzene rings is 3. The molecule has 0 spiro atoms. The normalized spacial score (nSPS) is 11.6. The number of halogens is 1. The lowest BCUT2D eigenvalue weighted by atomic mass is 9.83. The average molecular weight is 466 g/mol. The maximum atomic E-state index is 13.3. The van der Waals surface area contributed by atoms with Crippen LogP contribution in [0.25, 0.3) is 0 Å². The molecule has 0 saturated carbocycles. The molecule has 2 N–H and O–H groups in total. The van der Waals surface area contributed by atoms with E-state index < -0.39 is 11.5 Å². The molecular formula is C28H32ClNO3. The molecule has 33 heavy (non-hydrogen) atoms. The fourth-order valence-corrected chi connectivity index (χ4v) is 3.77. The van der Waals surface area contributed by atoms with Gasteiger partial charge in [0, 0.05) is 5.02 Å². The van der Waals surface area contributed by atoms with Gasteiger partial charge < -0.3 is 15.2 Å². The lowest BCUT2D eigenvalue weighted by Gasteiger charge is -2.29. The Morgan fingerprint density at radius 3 is 1.73 bits per heavy atom. The van der Waals surface area contributed by atoms with Crippen molar-refractivity contribution in [3.05, 3.63) is 100 Å². The predicted octanol–water partition coefficient (Wildman–Crippen LogP) is 6.02. The van der Waals surface area contributed by atoms with Crippen molar-refractivity contribution in [2.45, 2.75) is 45.1 Å². The largest absolute Gasteiger partial charge is 0.492 e. The van der Waals surface area contributed by atoms with Gasteiger partial charge in [0.15, 0.2) is 5.60 Å². The van der Waals surface area contributed by atoms with Crippen molar-refractivity contribution in [1.29, 1.82) is 0 Å². The minimum Gasteiger partial charge on any atom is -0.492 e. The van der Waals surface area contributed by atoms with Crippen LogP contribution in [-0.2, 0) is 10.4 Å². The maximum absolute atomic E-state index is 13.3. The first-order chi connectivity index (χ1) is 15.7. The third-order valence-corrected chi connectivity index (χ3v) is 6.04. The summed E-state index contributed by atoms with van der Waals surface area (Å²) in [5, 5.41) is 15.2. The number of ether oxygens (including phenoxy) is 1. The summed E-state index contributed by atoms with van der Waals surface area (Å²) in [7, 11) is 0. The lowest BCUT2D eigenvalue weighted by molar-refractivity contribution is -0.136. The SMILES string of the molecule is CC(C)c1ccc(C(O)(C(=O)NCCOc2ccc(Cl)cc2)c2ccc(C(C)C)cc2)cc1. The number of amides is 1. The number of hydrogen-bond donors (Lipinski definition) is 2. The van der Waals surface area contributed by atoms with Crippen molar-refractivity contribution in [2.75, 3.05) is 13.2 Å². The summed E-state index contributed by atoms with van der Waals surface area (Å²) in [5.41, 5.74) is 1.53. The van der Waals surface area contributed by atoms with Crippen molar-refractivity contribution in [3.63, 3.8) is 0 Å². The molecular weight excluding hydrogens is 434 g/mol. The van der Waals surface area contributed by atoms with E-state index in [0.29, 0.717) is 33.7 Å². The molecule has 0 heterocycles. The Morgan fingerprint density at radius 1 is 0.848 bits per heavy atom. The van der Waals surface area contributed by atoms with Crippen LogP contribution in [0.4, 0.5) is 0 Å². The molecule has 3 aromatic carbocycles. The highest BCUT2D eigenvalue weighted by atomic mass is 35.5. The minimum absolute atomic E-state index is 0.248. The zero-order chi connectivity index (χ0) is 24.0. The Labute approximate surface area is 201 Å². The number of carbonyl (C=O) groups is 1. The van der Waals surface area contributed by atoms with Crippen LogP contribution < -0.4 is 10.1 Å². The zero-order valence-electron chi connectivity index (χ0n) is 19.6. The third-order valence-electron chi connectivity index (χ3n) is 5.79. The van der Waals surface area contributed by atoms with E-state index in [2.05, 4.69) is 33.0 Å². The van der Waals surface area contributed by atoms with Crippen LogP contribution in [0, 0.1) is 0 Å². The van der Waals surface area contributed by atoms with Crippen molar-refractivity contribution < 1.29 is 14.6 Å². The van der Waals surface area contributed by atoms with Crippen LogP contribution in [0.2, 0.25) is 5.02 Å². The van der Waals surface area contributed by atoms with Crippen molar-refractivity contribution in [2.24, 2.45) is 0 Å². The number of aliphatic hydroxyl groups is 1. The molecule has 0 aromatic heterocycles. The van der Waals surface area contributed by atoms with Gasteiger partial charge in [-0.25, -0.2) is 0 Å². The summed E-state index contributed by atoms with van der Waals surface area (Å²) in [6.45, 7) is 8.96. The average Bonchev–Trinajstić information content (AvgIpc) is 2.82. The number of nitrogens with one attached hydrogen (secondary N) is 1. The van der Waals surface area contributed by atoms with Crippen molar-refractivity contribution in [3.8, 4) is 5.75 Å². The molecule has 0 aliphatic heterocycles. The van der Waals surface area contributed by atoms with Gasteiger partial charge in [0.2, 0.25) is 0 Å². The van der Waals surface area contributed by atoms with E-state index in [1.54, 1.807) is 24.3 Å². The molecule has 0 saturated heterocycles. The van der Waals surface area contributed by atoms with Gasteiger partial charge in [0.05, 0.1) is 6.54 Å². The van der Waals surface area contributed by atoms with E-state index in [-0.39, 0.29) is 13.2 Å². The van der Waals surface area contributed by atoms with Gasteiger partial charge in [-0.2, -0.15) is 0 Å². The van der Waals surface area contributed by atoms with E-state index in [4.69, 9.17) is 16.3 Å². The highest BCUT2D eigenvalue weighted by Crippen LogP contribution is 2.32. The van der Waals surface area contributed by atoms with E-state index in [9.17, 15) is 9.90 Å². The second kappa shape index (κ2) is 10.9. The van der Waals surface area contributed by atoms with E-state index >= 15 is 0 Å². The topological polar surface area (TPSA) is 58.6 Å². The molecule has 0 aliphatic carbocycles. The molecule has 0 atom stereocenters. The van der Waals surface area contributed by atoms with E-state index in [1.807, 2.05) is 48.5 Å². The van der Waals surface area contributed by atoms with Crippen LogP contribution in [0.3, 0.4) is 0 Å². The Morgan fingerprint density at radius 2 is 1.30 bits per heavy atom. The van der Waals surface area contributed by atoms with Gasteiger partial charge >= 0.3 is 0 Å². The van der Waals surface area contributed by atoms with Gasteiger partial charge in [-0.15, -0.1) is 0 Å². The summed E-state index contributed by atoms with van der Waals surface area (Å²) < 4.78 is 5.66. The fourth-order valence-electron chi connectivity index (χ4n) is 3.64. The van der Waals surface area contributed by atoms with Crippen LogP contribution in [0.1, 0.15) is 61.8 Å². The molecule has 3 aromatic rings. The van der Waals surface area contributed by atoms with Gasteiger partial charge in [0.1, 0.15) is 12.4 Å². The molecule has 0 radical (unpaired) electrons. The summed E-state index contributed by atoms with van der Waals surface area (Å²) in [4.78, 5) is 13.3. The van der Waals surface area contributed by atoms with Crippen LogP contribution >= 0.6 is 11.6 Å². The van der Waals surface area contributed by atoms with Crippen LogP contribution in [-0.4, -0.2) is 24.2 Å². The highest BCUT2D eigenvalue weighted by molar-refractivity contribution is 6.30. The summed E-state index contributed by atoms with van der Waals surface area (Å²) in [5.74, 6) is 0.891. The Balaban J connectivity index is 1.80. The van der Waals surface area contributed by atoms with E-state index in [1.165, 1.54) is 0 Å². The monoisotopic (exact) mass is 465 g/mol. The Hall–Kier alpha value is -2.82. The third kappa shape index (κ3) is 5.95. The first-order valence-corrected chi connectivity index (χ1v) is 11.7. The molecule has 0 aliphatic rings. The minimum atomic E-state index is -1.81. The second-order valence-corrected chi connectivity index (χ2v) is 9.26. The first-order valence-electron chi connectivity index (χ1n) is 11.3. The van der Waals surface area contributed by atoms with Gasteiger partial charge in [-0.1, -0.05) is 87.8 Å². The van der Waals surface area contributed by atoms with Crippen LogP contribution in [0.15, 0.2) is 72.8 Å². The molecule has 0 fully saturated rings. The van der Waals surface area contributed by atoms with Crippen molar-refractivity contribution >= 4 is 17.5 Å². The molecule has 0 bridgehead atoms. The van der Waals surface area contributed by atoms with E-state index in [0.717, 1.165) is 11.1 Å². The summed E-state index contributed by atoms with van der Waals surface area (Å²) in [6.07, 6.45) is 0. The number of rotatable bonds is 9. The second-order valence-electron chi connectivity index (χ2n) is 8.82. The standard InChI is InChI=1S/C28H32ClNO3/c1-19(2)21-5-9-23(10-6-21)28(32,24-11-7-22(8-12-24)20(3)4)27(31)30-17-18-33-26-15-13-25(29)14-16-26/h5-16,19-20,32H,17-18H2,1-4H3,(H,30,31). The van der Waals surface area contributed by atoms with Crippen molar-refractivity contribution in [1.82, 2.24) is 5.32 Å². The summed E-state index contributed by atoms with van der Waals surface area (Å²) in [6, 6.07) is 22.2. The maximum Gasteiger partial charge on any atom is 0.261 e. The van der Waals surface area contributed by atoms with Crippen LogP contribution in [0.5, 0.6) is 5.75 Å². The molecule has 3 rings (SSSR count). The fraction of sp³-hybridized carbons (Fsp3) is 0.321. The lowest BCUT2D eigenvalue weighted by Crippen LogP contribution is -2.46. The number of carbonyl (C=O) groups excluding carboxylic acids is 1.